The van der Waals surface area contributed by atoms with Crippen molar-refractivity contribution in [2.75, 3.05) is 25.6 Å². The van der Waals surface area contributed by atoms with E-state index in [1.807, 2.05) is 0 Å². The number of nitrogens with zero attached hydrogens (tertiary/aromatic N) is 3. The molecule has 2 heterocycles. The monoisotopic (exact) mass is 669 g/mol. The van der Waals surface area contributed by atoms with Crippen molar-refractivity contribution in [1.29, 1.82) is 0 Å². The van der Waals surface area contributed by atoms with Gasteiger partial charge in [-0.15, -0.1) is 0 Å². The van der Waals surface area contributed by atoms with Crippen LogP contribution in [-0.2, 0) is 27.5 Å². The molecule has 1 aliphatic carbocycles. The number of methoxy groups -OCH3 is 1. The summed E-state index contributed by atoms with van der Waals surface area (Å²) in [6.07, 6.45) is -7.53. The number of aryl methyl sites for hydroxylation is 1. The number of fused-ring (bicyclic) bond motifs is 1. The van der Waals surface area contributed by atoms with E-state index >= 15 is 0 Å². The van der Waals surface area contributed by atoms with Gasteiger partial charge in [0, 0.05) is 62.3 Å². The molecule has 1 aliphatic heterocycles. The summed E-state index contributed by atoms with van der Waals surface area (Å²) in [6.45, 7) is 1.35. The Labute approximate surface area is 256 Å². The van der Waals surface area contributed by atoms with Gasteiger partial charge in [0.05, 0.1) is 18.4 Å². The first kappa shape index (κ1) is 34.7. The largest absolute Gasteiger partial charge is 0.488 e. The van der Waals surface area contributed by atoms with E-state index in [1.165, 1.54) is 17.0 Å². The maximum absolute atomic E-state index is 14.5. The number of rotatable bonds is 8. The van der Waals surface area contributed by atoms with Crippen LogP contribution in [0.1, 0.15) is 72.8 Å². The number of hydrogen-bond donors (Lipinski definition) is 0. The highest BCUT2D eigenvalue weighted by Crippen LogP contribution is 2.46. The molecule has 1 saturated carbocycles. The van der Waals surface area contributed by atoms with Crippen molar-refractivity contribution in [2.24, 2.45) is 0 Å². The number of benzene rings is 1. The Balaban J connectivity index is 1.84. The van der Waals surface area contributed by atoms with E-state index in [4.69, 9.17) is 9.47 Å². The molecular formula is C29H34F7N3O5S. The highest BCUT2D eigenvalue weighted by Gasteiger charge is 2.45. The smallest absolute Gasteiger partial charge is 0.420 e. The number of esters is 1. The lowest BCUT2D eigenvalue weighted by atomic mass is 9.90. The van der Waals surface area contributed by atoms with Crippen molar-refractivity contribution in [3.05, 3.63) is 46.8 Å². The number of hydrogen-bond acceptors (Lipinski definition) is 7. The molecule has 2 aromatic rings. The molecule has 0 unspecified atom stereocenters. The maximum atomic E-state index is 14.5. The Hall–Kier alpha value is -3.14. The van der Waals surface area contributed by atoms with Crippen molar-refractivity contribution in [3.8, 4) is 5.75 Å². The fourth-order valence-electron chi connectivity index (χ4n) is 5.62. The van der Waals surface area contributed by atoms with Crippen LogP contribution in [0.4, 0.5) is 36.4 Å². The summed E-state index contributed by atoms with van der Waals surface area (Å²) in [6, 6.07) is 2.35. The number of carbonyl (C=O) groups excluding carboxylic acids is 1. The van der Waals surface area contributed by atoms with E-state index in [1.54, 1.807) is 6.92 Å². The van der Waals surface area contributed by atoms with Gasteiger partial charge >= 0.3 is 12.1 Å². The third-order valence-corrected chi connectivity index (χ3v) is 10.1. The van der Waals surface area contributed by atoms with Crippen molar-refractivity contribution in [1.82, 2.24) is 9.29 Å². The first-order valence-corrected chi connectivity index (χ1v) is 15.6. The fraction of sp³-hybridized carbons (Fsp3) is 0.586. The standard InChI is InChI=1S/C29H34F7N3O5S/c1-17-5-6-18(25(37-17)26(40)43-4)16-44-23-14-24-22(13-21(23)29(34,35)36)39(19-8-11-28(32,33)12-9-19)15-20(7-10-27(2,30)31)38(3)45(24,41)42/h5-6,13-14,19-20H,7-12,15-16H2,1-4H3/t20-/m1/s1. The lowest BCUT2D eigenvalue weighted by molar-refractivity contribution is -0.139. The molecule has 8 nitrogen and oxygen atoms in total. The average molecular weight is 670 g/mol. The van der Waals surface area contributed by atoms with Crippen LogP contribution in [0.5, 0.6) is 5.75 Å². The predicted octanol–water partition coefficient (Wildman–Crippen LogP) is 6.60. The van der Waals surface area contributed by atoms with Gasteiger partial charge in [0.1, 0.15) is 17.3 Å². The molecule has 0 N–H and O–H groups in total. The first-order chi connectivity index (χ1) is 20.7. The predicted molar refractivity (Wildman–Crippen MR) is 149 cm³/mol. The van der Waals surface area contributed by atoms with Crippen molar-refractivity contribution in [2.45, 2.75) is 94.0 Å². The summed E-state index contributed by atoms with van der Waals surface area (Å²) in [5.41, 5.74) is -1.44. The molecule has 0 saturated heterocycles. The molecular weight excluding hydrogens is 635 g/mol. The zero-order valence-corrected chi connectivity index (χ0v) is 25.9. The third kappa shape index (κ3) is 7.81. The number of carbonyl (C=O) groups is 1. The molecule has 0 radical (unpaired) electrons. The number of anilines is 1. The molecule has 1 atom stereocenters. The number of pyridine rings is 1. The van der Waals surface area contributed by atoms with Gasteiger partial charge in [-0.05, 0) is 45.2 Å². The summed E-state index contributed by atoms with van der Waals surface area (Å²) < 4.78 is 138. The maximum Gasteiger partial charge on any atom is 0.420 e. The molecule has 1 aromatic carbocycles. The van der Waals surface area contributed by atoms with Gasteiger partial charge in [0.2, 0.25) is 21.9 Å². The van der Waals surface area contributed by atoms with Gasteiger partial charge in [0.15, 0.2) is 5.69 Å². The highest BCUT2D eigenvalue weighted by molar-refractivity contribution is 7.89. The molecule has 4 rings (SSSR count). The van der Waals surface area contributed by atoms with E-state index in [0.29, 0.717) is 24.8 Å². The summed E-state index contributed by atoms with van der Waals surface area (Å²) in [4.78, 5) is 17.1. The zero-order valence-electron chi connectivity index (χ0n) is 25.1. The summed E-state index contributed by atoms with van der Waals surface area (Å²) in [7, 11) is -2.36. The normalized spacial score (nSPS) is 20.8. The molecule has 0 amide bonds. The van der Waals surface area contributed by atoms with Crippen LogP contribution in [0.15, 0.2) is 29.2 Å². The highest BCUT2D eigenvalue weighted by atomic mass is 32.2. The molecule has 2 aliphatic rings. The first-order valence-electron chi connectivity index (χ1n) is 14.2. The van der Waals surface area contributed by atoms with Gasteiger partial charge in [-0.1, -0.05) is 6.07 Å². The number of ether oxygens (including phenoxy) is 2. The van der Waals surface area contributed by atoms with Crippen LogP contribution in [0, 0.1) is 6.92 Å². The Bertz CT molecular complexity index is 1520. The molecule has 1 aromatic heterocycles. The lowest BCUT2D eigenvalue weighted by Gasteiger charge is -2.40. The van der Waals surface area contributed by atoms with Crippen LogP contribution in [0.2, 0.25) is 0 Å². The molecule has 1 fully saturated rings. The second kappa shape index (κ2) is 12.6. The van der Waals surface area contributed by atoms with Crippen molar-refractivity contribution < 1.29 is 53.4 Å². The molecule has 45 heavy (non-hydrogen) atoms. The number of sulfonamides is 1. The van der Waals surface area contributed by atoms with Crippen LogP contribution in [-0.4, -0.2) is 68.3 Å². The second-order valence-electron chi connectivity index (χ2n) is 11.6. The minimum atomic E-state index is -5.06. The van der Waals surface area contributed by atoms with Gasteiger partial charge in [-0.25, -0.2) is 35.8 Å². The van der Waals surface area contributed by atoms with Gasteiger partial charge in [0.25, 0.3) is 0 Å². The van der Waals surface area contributed by atoms with E-state index in [-0.39, 0.29) is 42.8 Å². The van der Waals surface area contributed by atoms with Crippen molar-refractivity contribution in [3.63, 3.8) is 0 Å². The second-order valence-corrected chi connectivity index (χ2v) is 13.5. The van der Waals surface area contributed by atoms with Crippen LogP contribution in [0.25, 0.3) is 0 Å². The van der Waals surface area contributed by atoms with Gasteiger partial charge < -0.3 is 14.4 Å². The molecule has 250 valence electrons. The summed E-state index contributed by atoms with van der Waals surface area (Å²) in [5.74, 6) is -7.87. The number of halogens is 7. The van der Waals surface area contributed by atoms with E-state index in [9.17, 15) is 43.9 Å². The summed E-state index contributed by atoms with van der Waals surface area (Å²) in [5, 5.41) is 0. The number of aromatic nitrogens is 1. The zero-order chi connectivity index (χ0) is 33.5. The van der Waals surface area contributed by atoms with E-state index < -0.39 is 88.2 Å². The Morgan fingerprint density at radius 3 is 2.33 bits per heavy atom. The Morgan fingerprint density at radius 1 is 1.11 bits per heavy atom. The van der Waals surface area contributed by atoms with Crippen LogP contribution >= 0.6 is 0 Å². The topological polar surface area (TPSA) is 89.0 Å². The van der Waals surface area contributed by atoms with E-state index in [0.717, 1.165) is 18.5 Å². The number of likely N-dealkylation sites (N-methyl/N-ethyl adjacent to an activating group) is 1. The third-order valence-electron chi connectivity index (χ3n) is 8.18. The molecule has 0 bridgehead atoms. The summed E-state index contributed by atoms with van der Waals surface area (Å²) >= 11 is 0. The quantitative estimate of drug-likeness (QED) is 0.231. The van der Waals surface area contributed by atoms with Gasteiger partial charge in [-0.3, -0.25) is 0 Å². The fourth-order valence-corrected chi connectivity index (χ4v) is 7.19. The van der Waals surface area contributed by atoms with Crippen LogP contribution < -0.4 is 9.64 Å². The SMILES string of the molecule is COC(=O)c1nc(C)ccc1COc1cc2c(cc1C(F)(F)F)N(C1CCC(F)(F)CC1)C[C@@H](CCC(C)(F)F)N(C)S2(=O)=O. The lowest BCUT2D eigenvalue weighted by Crippen LogP contribution is -2.47. The van der Waals surface area contributed by atoms with E-state index in [2.05, 4.69) is 4.98 Å². The minimum Gasteiger partial charge on any atom is -0.488 e. The molecule has 16 heteroatoms. The van der Waals surface area contributed by atoms with Gasteiger partial charge in [-0.2, -0.15) is 17.5 Å². The van der Waals surface area contributed by atoms with Crippen molar-refractivity contribution >= 4 is 21.7 Å². The van der Waals surface area contributed by atoms with Crippen LogP contribution in [0.3, 0.4) is 0 Å². The minimum absolute atomic E-state index is 0.0702. The Kier molecular flexibility index (Phi) is 9.70. The Morgan fingerprint density at radius 2 is 1.76 bits per heavy atom. The number of alkyl halides is 7. The average Bonchev–Trinajstić information content (AvgIpc) is 3.02. The molecule has 0 spiro atoms.